The Hall–Kier alpha value is -3.76. The van der Waals surface area contributed by atoms with Crippen LogP contribution in [0.3, 0.4) is 0 Å². The highest BCUT2D eigenvalue weighted by Crippen LogP contribution is 2.25. The molecular formula is C26H21IN6O. The standard InChI is InChI=1S/C26H21IN6O/c27-20-7-5-18(6-8-20)24-15-23-13-14-29-33(23)26(32-24)31-22-11-9-21(10-12-22)30-25(34)19-3-1-17(16-28)2-4-19/h1-15H,16,28H2,(H,30,34)(H,31,32). The summed E-state index contributed by atoms with van der Waals surface area (Å²) in [5.41, 5.74) is 11.5. The molecule has 0 fully saturated rings. The first kappa shape index (κ1) is 22.1. The molecule has 0 aliphatic heterocycles. The lowest BCUT2D eigenvalue weighted by molar-refractivity contribution is 0.102. The number of nitrogens with two attached hydrogens (primary N) is 1. The largest absolute Gasteiger partial charge is 0.326 e. The van der Waals surface area contributed by atoms with E-state index in [1.165, 1.54) is 3.57 Å². The Balaban J connectivity index is 1.35. The summed E-state index contributed by atoms with van der Waals surface area (Å²) in [4.78, 5) is 17.3. The number of aromatic nitrogens is 3. The minimum Gasteiger partial charge on any atom is -0.326 e. The lowest BCUT2D eigenvalue weighted by Crippen LogP contribution is -2.12. The highest BCUT2D eigenvalue weighted by molar-refractivity contribution is 14.1. The van der Waals surface area contributed by atoms with Crippen molar-refractivity contribution in [2.45, 2.75) is 6.54 Å². The summed E-state index contributed by atoms with van der Waals surface area (Å²) < 4.78 is 2.93. The van der Waals surface area contributed by atoms with Crippen LogP contribution in [0.2, 0.25) is 0 Å². The zero-order valence-corrected chi connectivity index (χ0v) is 20.2. The molecule has 8 heteroatoms. The van der Waals surface area contributed by atoms with Gasteiger partial charge < -0.3 is 16.4 Å². The van der Waals surface area contributed by atoms with E-state index < -0.39 is 0 Å². The molecule has 7 nitrogen and oxygen atoms in total. The van der Waals surface area contributed by atoms with Crippen molar-refractivity contribution < 1.29 is 4.79 Å². The first-order valence-electron chi connectivity index (χ1n) is 10.7. The quantitative estimate of drug-likeness (QED) is 0.240. The molecule has 168 valence electrons. The molecule has 4 N–H and O–H groups in total. The lowest BCUT2D eigenvalue weighted by atomic mass is 10.1. The van der Waals surface area contributed by atoms with Crippen molar-refractivity contribution in [1.82, 2.24) is 14.6 Å². The van der Waals surface area contributed by atoms with E-state index in [1.807, 2.05) is 48.5 Å². The van der Waals surface area contributed by atoms with E-state index in [9.17, 15) is 4.79 Å². The highest BCUT2D eigenvalue weighted by Gasteiger charge is 2.10. The van der Waals surface area contributed by atoms with Crippen LogP contribution < -0.4 is 16.4 Å². The van der Waals surface area contributed by atoms with E-state index in [4.69, 9.17) is 10.7 Å². The number of benzene rings is 3. The minimum atomic E-state index is -0.172. The van der Waals surface area contributed by atoms with Crippen LogP contribution in [0.25, 0.3) is 16.8 Å². The van der Waals surface area contributed by atoms with Gasteiger partial charge in [0.25, 0.3) is 5.91 Å². The van der Waals surface area contributed by atoms with Gasteiger partial charge in [0.2, 0.25) is 5.95 Å². The third kappa shape index (κ3) is 4.78. The molecule has 0 saturated heterocycles. The average Bonchev–Trinajstić information content (AvgIpc) is 3.35. The number of hydrogen-bond acceptors (Lipinski definition) is 5. The third-order valence-electron chi connectivity index (χ3n) is 5.37. The lowest BCUT2D eigenvalue weighted by Gasteiger charge is -2.11. The van der Waals surface area contributed by atoms with Gasteiger partial charge >= 0.3 is 0 Å². The molecule has 0 spiro atoms. The number of halogens is 1. The number of nitrogens with zero attached hydrogens (tertiary/aromatic N) is 3. The van der Waals surface area contributed by atoms with Crippen molar-refractivity contribution in [1.29, 1.82) is 0 Å². The van der Waals surface area contributed by atoms with Crippen molar-refractivity contribution >= 4 is 51.3 Å². The summed E-state index contributed by atoms with van der Waals surface area (Å²) in [6, 6.07) is 26.9. The molecule has 1 amide bonds. The molecule has 2 heterocycles. The fourth-order valence-electron chi connectivity index (χ4n) is 3.54. The van der Waals surface area contributed by atoms with Crippen LogP contribution in [-0.4, -0.2) is 20.5 Å². The Morgan fingerprint density at radius 1 is 0.912 bits per heavy atom. The molecule has 0 aliphatic rings. The summed E-state index contributed by atoms with van der Waals surface area (Å²) in [5.74, 6) is 0.433. The van der Waals surface area contributed by atoms with Crippen molar-refractivity contribution in [3.8, 4) is 11.3 Å². The van der Waals surface area contributed by atoms with Crippen molar-refractivity contribution in [2.75, 3.05) is 10.6 Å². The number of hydrogen-bond donors (Lipinski definition) is 3. The summed E-state index contributed by atoms with van der Waals surface area (Å²) in [6.45, 7) is 0.448. The summed E-state index contributed by atoms with van der Waals surface area (Å²) in [7, 11) is 0. The predicted molar refractivity (Wildman–Crippen MR) is 143 cm³/mol. The van der Waals surface area contributed by atoms with Gasteiger partial charge in [-0.2, -0.15) is 5.10 Å². The van der Waals surface area contributed by atoms with Gasteiger partial charge in [-0.05, 0) is 88.8 Å². The first-order chi connectivity index (χ1) is 16.6. The van der Waals surface area contributed by atoms with Gasteiger partial charge in [-0.3, -0.25) is 4.79 Å². The number of fused-ring (bicyclic) bond motifs is 1. The van der Waals surface area contributed by atoms with Crippen molar-refractivity contribution in [3.05, 3.63) is 106 Å². The van der Waals surface area contributed by atoms with Crippen LogP contribution in [0, 0.1) is 3.57 Å². The molecule has 0 radical (unpaired) electrons. The molecule has 0 bridgehead atoms. The molecule has 3 aromatic carbocycles. The fourth-order valence-corrected chi connectivity index (χ4v) is 3.90. The molecule has 0 aliphatic carbocycles. The Labute approximate surface area is 210 Å². The Morgan fingerprint density at radius 3 is 2.32 bits per heavy atom. The zero-order chi connectivity index (χ0) is 23.5. The van der Waals surface area contributed by atoms with E-state index in [2.05, 4.69) is 62.6 Å². The summed E-state index contributed by atoms with van der Waals surface area (Å²) in [6.07, 6.45) is 1.75. The molecule has 0 saturated carbocycles. The summed E-state index contributed by atoms with van der Waals surface area (Å²) >= 11 is 2.29. The highest BCUT2D eigenvalue weighted by atomic mass is 127. The van der Waals surface area contributed by atoms with Gasteiger partial charge in [-0.1, -0.05) is 24.3 Å². The monoisotopic (exact) mass is 560 g/mol. The van der Waals surface area contributed by atoms with E-state index in [1.54, 1.807) is 22.8 Å². The van der Waals surface area contributed by atoms with E-state index in [0.29, 0.717) is 23.7 Å². The number of nitrogens with one attached hydrogen (secondary N) is 2. The summed E-state index contributed by atoms with van der Waals surface area (Å²) in [5, 5.41) is 10.7. The Kier molecular flexibility index (Phi) is 6.24. The van der Waals surface area contributed by atoms with Crippen LogP contribution in [0.5, 0.6) is 0 Å². The van der Waals surface area contributed by atoms with Gasteiger partial charge in [-0.25, -0.2) is 9.50 Å². The average molecular weight is 560 g/mol. The van der Waals surface area contributed by atoms with Gasteiger partial charge in [0, 0.05) is 32.6 Å². The second-order valence-corrected chi connectivity index (χ2v) is 8.94. The molecule has 2 aromatic heterocycles. The van der Waals surface area contributed by atoms with Crippen LogP contribution >= 0.6 is 22.6 Å². The molecule has 0 unspecified atom stereocenters. The normalized spacial score (nSPS) is 10.9. The zero-order valence-electron chi connectivity index (χ0n) is 18.1. The minimum absolute atomic E-state index is 0.172. The van der Waals surface area contributed by atoms with Crippen molar-refractivity contribution in [2.24, 2.45) is 5.73 Å². The number of rotatable bonds is 6. The Bertz CT molecular complexity index is 1440. The molecular weight excluding hydrogens is 539 g/mol. The maximum absolute atomic E-state index is 12.5. The van der Waals surface area contributed by atoms with Gasteiger partial charge in [0.1, 0.15) is 0 Å². The third-order valence-corrected chi connectivity index (χ3v) is 6.09. The second kappa shape index (κ2) is 9.62. The molecule has 5 aromatic rings. The van der Waals surface area contributed by atoms with Gasteiger partial charge in [0.05, 0.1) is 17.4 Å². The molecule has 0 atom stereocenters. The first-order valence-corrected chi connectivity index (χ1v) is 11.7. The SMILES string of the molecule is NCc1ccc(C(=O)Nc2ccc(Nc3nc(-c4ccc(I)cc4)cc4ccnn34)cc2)cc1. The number of carbonyl (C=O) groups is 1. The molecule has 5 rings (SSSR count). The second-order valence-electron chi connectivity index (χ2n) is 7.70. The van der Waals surface area contributed by atoms with Crippen LogP contribution in [0.15, 0.2) is 91.1 Å². The van der Waals surface area contributed by atoms with Crippen LogP contribution in [0.4, 0.5) is 17.3 Å². The van der Waals surface area contributed by atoms with Crippen LogP contribution in [0.1, 0.15) is 15.9 Å². The van der Waals surface area contributed by atoms with E-state index in [0.717, 1.165) is 28.0 Å². The van der Waals surface area contributed by atoms with Gasteiger partial charge in [0.15, 0.2) is 0 Å². The van der Waals surface area contributed by atoms with Gasteiger partial charge in [-0.15, -0.1) is 0 Å². The molecule has 34 heavy (non-hydrogen) atoms. The van der Waals surface area contributed by atoms with E-state index >= 15 is 0 Å². The maximum atomic E-state index is 12.5. The Morgan fingerprint density at radius 2 is 1.62 bits per heavy atom. The number of amides is 1. The number of anilines is 3. The van der Waals surface area contributed by atoms with Crippen LogP contribution in [-0.2, 0) is 6.54 Å². The number of carbonyl (C=O) groups excluding carboxylic acids is 1. The van der Waals surface area contributed by atoms with Crippen molar-refractivity contribution in [3.63, 3.8) is 0 Å². The smallest absolute Gasteiger partial charge is 0.255 e. The fraction of sp³-hybridized carbons (Fsp3) is 0.0385. The topological polar surface area (TPSA) is 97.3 Å². The van der Waals surface area contributed by atoms with E-state index in [-0.39, 0.29) is 5.91 Å². The predicted octanol–water partition coefficient (Wildman–Crippen LogP) is 5.46. The maximum Gasteiger partial charge on any atom is 0.255 e.